The molecule has 0 aromatic carbocycles. The fourth-order valence-corrected chi connectivity index (χ4v) is 0.904. The Kier molecular flexibility index (Phi) is 16.3. The van der Waals surface area contributed by atoms with Crippen LogP contribution in [0.4, 0.5) is 0 Å². The van der Waals surface area contributed by atoms with Crippen LogP contribution in [0.2, 0.25) is 0 Å². The van der Waals surface area contributed by atoms with Crippen LogP contribution in [0, 0.1) is 6.92 Å². The number of hydrogen-bond donors (Lipinski definition) is 0. The number of unbranched alkanes of at least 4 members (excludes halogenated alkanes) is 6. The molecule has 0 saturated heterocycles. The van der Waals surface area contributed by atoms with E-state index in [1.165, 1.54) is 25.7 Å². The smallest absolute Gasteiger partial charge is 0 e. The first-order valence-corrected chi connectivity index (χ1v) is 4.06. The summed E-state index contributed by atoms with van der Waals surface area (Å²) < 4.78 is 0. The van der Waals surface area contributed by atoms with Crippen molar-refractivity contribution < 1.29 is 24.9 Å². The first-order valence-electron chi connectivity index (χ1n) is 4.06. The summed E-state index contributed by atoms with van der Waals surface area (Å²) in [7, 11) is 0. The molecule has 0 heterocycles. The zero-order valence-electron chi connectivity index (χ0n) is 6.90. The first kappa shape index (κ1) is 13.9. The van der Waals surface area contributed by atoms with Gasteiger partial charge in [0, 0.05) is 20.1 Å². The molecule has 0 saturated carbocycles. The minimum atomic E-state index is 0. The molecule has 0 aromatic rings. The Labute approximate surface area is 83.3 Å². The quantitative estimate of drug-likeness (QED) is 0.517. The molecule has 1 nitrogen and oxygen atoms in total. The molecule has 0 unspecified atom stereocenters. The van der Waals surface area contributed by atoms with E-state index in [0.717, 1.165) is 12.8 Å². The van der Waals surface area contributed by atoms with Crippen LogP contribution < -0.4 is 0 Å². The third-order valence-corrected chi connectivity index (χ3v) is 1.53. The Morgan fingerprint density at radius 1 is 1.00 bits per heavy atom. The Balaban J connectivity index is 0. The van der Waals surface area contributed by atoms with E-state index in [2.05, 4.69) is 6.92 Å². The van der Waals surface area contributed by atoms with Crippen LogP contribution in [0.3, 0.4) is 0 Å². The summed E-state index contributed by atoms with van der Waals surface area (Å²) in [6.07, 6.45) is 9.48. The number of carbonyl (C=O) groups excluding carboxylic acids is 1. The summed E-state index contributed by atoms with van der Waals surface area (Å²) in [5.41, 5.74) is 0. The van der Waals surface area contributed by atoms with Crippen molar-refractivity contribution in [3.63, 3.8) is 0 Å². The van der Waals surface area contributed by atoms with Gasteiger partial charge in [0.25, 0.3) is 0 Å². The Bertz CT molecular complexity index is 74.0. The van der Waals surface area contributed by atoms with Gasteiger partial charge in [-0.3, -0.25) is 6.29 Å². The van der Waals surface area contributed by atoms with E-state index < -0.39 is 0 Å². The van der Waals surface area contributed by atoms with Crippen LogP contribution in [-0.2, 0) is 24.9 Å². The SMILES string of the molecule is [CH2-]CCCCCCC[C-]=O.[Ir]. The zero-order valence-corrected chi connectivity index (χ0v) is 9.29. The van der Waals surface area contributed by atoms with Gasteiger partial charge in [0.05, 0.1) is 0 Å². The van der Waals surface area contributed by atoms with Gasteiger partial charge in [0.15, 0.2) is 0 Å². The molecule has 0 aliphatic rings. The molecule has 0 atom stereocenters. The van der Waals surface area contributed by atoms with Gasteiger partial charge in [-0.2, -0.15) is 12.8 Å². The molecule has 69 valence electrons. The summed E-state index contributed by atoms with van der Waals surface area (Å²) in [5, 5.41) is 0. The van der Waals surface area contributed by atoms with Crippen LogP contribution in [0.25, 0.3) is 0 Å². The van der Waals surface area contributed by atoms with E-state index in [9.17, 15) is 4.79 Å². The number of rotatable bonds is 7. The summed E-state index contributed by atoms with van der Waals surface area (Å²) >= 11 is 0. The molecule has 11 heavy (non-hydrogen) atoms. The van der Waals surface area contributed by atoms with Crippen LogP contribution >= 0.6 is 0 Å². The van der Waals surface area contributed by atoms with E-state index in [4.69, 9.17) is 0 Å². The van der Waals surface area contributed by atoms with Gasteiger partial charge in [-0.1, -0.05) is 32.1 Å². The van der Waals surface area contributed by atoms with Crippen molar-refractivity contribution in [2.45, 2.75) is 44.9 Å². The fraction of sp³-hybridized carbons (Fsp3) is 0.778. The van der Waals surface area contributed by atoms with E-state index in [-0.39, 0.29) is 20.1 Å². The van der Waals surface area contributed by atoms with Crippen LogP contribution in [0.5, 0.6) is 0 Å². The van der Waals surface area contributed by atoms with Crippen LogP contribution in [0.1, 0.15) is 44.9 Å². The average Bonchev–Trinajstić information content (AvgIpc) is 1.97. The minimum Gasteiger partial charge on any atom is -0.542 e. The van der Waals surface area contributed by atoms with Gasteiger partial charge in [-0.05, 0) is 0 Å². The van der Waals surface area contributed by atoms with Crippen molar-refractivity contribution in [1.82, 2.24) is 0 Å². The van der Waals surface area contributed by atoms with Gasteiger partial charge in [0.2, 0.25) is 0 Å². The molecular formula is C9H16IrO-2. The van der Waals surface area contributed by atoms with Gasteiger partial charge in [0.1, 0.15) is 0 Å². The van der Waals surface area contributed by atoms with Crippen molar-refractivity contribution in [3.8, 4) is 0 Å². The third-order valence-electron chi connectivity index (χ3n) is 1.53. The van der Waals surface area contributed by atoms with Crippen molar-refractivity contribution in [2.24, 2.45) is 0 Å². The molecule has 0 fully saturated rings. The Morgan fingerprint density at radius 2 is 1.55 bits per heavy atom. The molecule has 2 heteroatoms. The second-order valence-electron chi connectivity index (χ2n) is 2.52. The maximum absolute atomic E-state index is 9.76. The van der Waals surface area contributed by atoms with Crippen molar-refractivity contribution in [3.05, 3.63) is 6.92 Å². The monoisotopic (exact) mass is 333 g/mol. The molecule has 0 spiro atoms. The largest absolute Gasteiger partial charge is 0.542 e. The second kappa shape index (κ2) is 12.9. The predicted octanol–water partition coefficient (Wildman–Crippen LogP) is 2.66. The van der Waals surface area contributed by atoms with Gasteiger partial charge >= 0.3 is 0 Å². The summed E-state index contributed by atoms with van der Waals surface area (Å²) in [6, 6.07) is 0. The molecule has 0 rings (SSSR count). The average molecular weight is 332 g/mol. The molecule has 0 aromatic heterocycles. The Morgan fingerprint density at radius 3 is 2.09 bits per heavy atom. The van der Waals surface area contributed by atoms with E-state index in [1.807, 2.05) is 6.29 Å². The van der Waals surface area contributed by atoms with Crippen molar-refractivity contribution in [2.75, 3.05) is 0 Å². The van der Waals surface area contributed by atoms with Gasteiger partial charge < -0.3 is 11.7 Å². The molecule has 0 aliphatic carbocycles. The van der Waals surface area contributed by atoms with Gasteiger partial charge in [-0.15, -0.1) is 0 Å². The summed E-state index contributed by atoms with van der Waals surface area (Å²) in [4.78, 5) is 9.76. The van der Waals surface area contributed by atoms with Gasteiger partial charge in [-0.25, -0.2) is 0 Å². The molecule has 1 radical (unpaired) electrons. The maximum Gasteiger partial charge on any atom is 0 e. The van der Waals surface area contributed by atoms with E-state index in [0.29, 0.717) is 6.42 Å². The standard InChI is InChI=1S/C9H16O.Ir/c1-2-3-4-5-6-7-8-9-10;/h1-8H2;/q-2;. The Hall–Kier alpha value is 0.319. The normalized spacial score (nSPS) is 8.82. The molecule has 0 bridgehead atoms. The van der Waals surface area contributed by atoms with E-state index >= 15 is 0 Å². The second-order valence-corrected chi connectivity index (χ2v) is 2.52. The van der Waals surface area contributed by atoms with Crippen LogP contribution in [0.15, 0.2) is 0 Å². The van der Waals surface area contributed by atoms with Crippen molar-refractivity contribution >= 4 is 6.29 Å². The molecule has 0 amide bonds. The zero-order chi connectivity index (χ0) is 7.66. The van der Waals surface area contributed by atoms with E-state index in [1.54, 1.807) is 0 Å². The summed E-state index contributed by atoms with van der Waals surface area (Å²) in [6.45, 7) is 3.76. The van der Waals surface area contributed by atoms with Crippen LogP contribution in [-0.4, -0.2) is 6.29 Å². The van der Waals surface area contributed by atoms with Crippen molar-refractivity contribution in [1.29, 1.82) is 0 Å². The first-order chi connectivity index (χ1) is 4.91. The fourth-order valence-electron chi connectivity index (χ4n) is 0.904. The third kappa shape index (κ3) is 13.3. The summed E-state index contributed by atoms with van der Waals surface area (Å²) in [5.74, 6) is 0. The number of hydrogen-bond acceptors (Lipinski definition) is 1. The minimum absolute atomic E-state index is 0. The predicted molar refractivity (Wildman–Crippen MR) is 43.4 cm³/mol. The molecular weight excluding hydrogens is 316 g/mol. The molecule has 0 N–H and O–H groups in total. The topological polar surface area (TPSA) is 17.1 Å². The molecule has 0 aliphatic heterocycles. The maximum atomic E-state index is 9.76.